The van der Waals surface area contributed by atoms with E-state index in [0.29, 0.717) is 51.9 Å². The van der Waals surface area contributed by atoms with Gasteiger partial charge < -0.3 is 34.8 Å². The van der Waals surface area contributed by atoms with Crippen molar-refractivity contribution in [3.63, 3.8) is 0 Å². The minimum atomic E-state index is -1.32. The van der Waals surface area contributed by atoms with Crippen LogP contribution in [0.3, 0.4) is 0 Å². The number of fused-ring (bicyclic) bond motifs is 1. The number of likely N-dealkylation sites (N-methyl/N-ethyl adjacent to an activating group) is 2. The number of aliphatic hydroxyl groups is 1. The molecule has 0 aliphatic carbocycles. The van der Waals surface area contributed by atoms with Crippen LogP contribution in [0.15, 0.2) is 41.6 Å². The highest BCUT2D eigenvalue weighted by Crippen LogP contribution is 2.39. The Balaban J connectivity index is 1.46. The highest BCUT2D eigenvalue weighted by molar-refractivity contribution is 7.89. The Hall–Kier alpha value is -3.07. The Morgan fingerprint density at radius 2 is 1.88 bits per heavy atom. The van der Waals surface area contributed by atoms with Crippen molar-refractivity contribution < 1.29 is 14.4 Å². The minimum Gasteiger partial charge on any atom is -0.593 e. The Kier molecular flexibility index (Phi) is 9.29. The third-order valence-electron chi connectivity index (χ3n) is 7.18. The monoisotopic (exact) mass is 567 g/mol. The second-order valence-electron chi connectivity index (χ2n) is 9.80. The molecule has 0 amide bonds. The van der Waals surface area contributed by atoms with E-state index in [4.69, 9.17) is 20.4 Å². The maximum absolute atomic E-state index is 13.6. The minimum absolute atomic E-state index is 0.106. The molecule has 12 nitrogen and oxygen atoms in total. The standard InChI is InChI=1S/C27H37N9O3S/c1-3-35(10-9-33(2)11-14-37)40(38)22-6-4-5-21(17-22)36-8-7-23-24(20-18-29-26(28)30-19-20)31-27(32-25(23)36)34-12-15-39-16-13-34/h4-6,17-19,37H,3,7-16H2,1-2H3,(H2,28,29,30). The van der Waals surface area contributed by atoms with Gasteiger partial charge in [-0.25, -0.2) is 15.0 Å². The topological polar surface area (TPSA) is 143 Å². The summed E-state index contributed by atoms with van der Waals surface area (Å²) in [4.78, 5) is 25.5. The predicted molar refractivity (Wildman–Crippen MR) is 156 cm³/mol. The lowest BCUT2D eigenvalue weighted by atomic mass is 10.1. The molecule has 40 heavy (non-hydrogen) atoms. The summed E-state index contributed by atoms with van der Waals surface area (Å²) < 4.78 is 21.1. The first-order valence-corrected chi connectivity index (χ1v) is 14.7. The Labute approximate surface area is 238 Å². The van der Waals surface area contributed by atoms with Gasteiger partial charge in [-0.1, -0.05) is 6.07 Å². The fourth-order valence-electron chi connectivity index (χ4n) is 4.93. The summed E-state index contributed by atoms with van der Waals surface area (Å²) in [5.74, 6) is 1.70. The third-order valence-corrected chi connectivity index (χ3v) is 8.75. The van der Waals surface area contributed by atoms with Crippen molar-refractivity contribution in [2.24, 2.45) is 0 Å². The Bertz CT molecular complexity index is 1280. The molecule has 1 aromatic carbocycles. The number of rotatable bonds is 11. The molecule has 1 unspecified atom stereocenters. The van der Waals surface area contributed by atoms with Crippen molar-refractivity contribution in [1.29, 1.82) is 0 Å². The molecular weight excluding hydrogens is 530 g/mol. The summed E-state index contributed by atoms with van der Waals surface area (Å²) in [7, 11) is 1.95. The van der Waals surface area contributed by atoms with E-state index in [-0.39, 0.29) is 12.6 Å². The largest absolute Gasteiger partial charge is 0.593 e. The number of anilines is 4. The lowest BCUT2D eigenvalue weighted by Crippen LogP contribution is -2.38. The van der Waals surface area contributed by atoms with Crippen molar-refractivity contribution in [3.05, 3.63) is 42.2 Å². The zero-order valence-corrected chi connectivity index (χ0v) is 23.9. The van der Waals surface area contributed by atoms with Crippen molar-refractivity contribution in [3.8, 4) is 11.3 Å². The molecule has 0 bridgehead atoms. The average Bonchev–Trinajstić information content (AvgIpc) is 3.42. The SMILES string of the molecule is CCN(CCN(C)CCO)[S+]([O-])c1cccc(N2CCc3c(-c4cnc(N)nc4)nc(N4CCOCC4)nc32)c1. The van der Waals surface area contributed by atoms with Crippen molar-refractivity contribution in [1.82, 2.24) is 29.1 Å². The number of aliphatic hydroxyl groups excluding tert-OH is 1. The van der Waals surface area contributed by atoms with Gasteiger partial charge in [-0.15, -0.1) is 4.31 Å². The van der Waals surface area contributed by atoms with E-state index in [1.165, 1.54) is 0 Å². The molecule has 1 saturated heterocycles. The van der Waals surface area contributed by atoms with E-state index in [9.17, 15) is 9.66 Å². The van der Waals surface area contributed by atoms with Crippen LogP contribution in [0.1, 0.15) is 12.5 Å². The lowest BCUT2D eigenvalue weighted by molar-refractivity contribution is 0.122. The van der Waals surface area contributed by atoms with Crippen LogP contribution in [0.25, 0.3) is 11.3 Å². The van der Waals surface area contributed by atoms with Gasteiger partial charge in [0.05, 0.1) is 43.4 Å². The molecule has 1 fully saturated rings. The first-order valence-electron chi connectivity index (χ1n) is 13.6. The first kappa shape index (κ1) is 28.5. The van der Waals surface area contributed by atoms with Crippen molar-refractivity contribution in [2.45, 2.75) is 18.2 Å². The quantitative estimate of drug-likeness (QED) is 0.323. The maximum Gasteiger partial charge on any atom is 0.228 e. The number of benzene rings is 1. The van der Waals surface area contributed by atoms with Crippen LogP contribution in [-0.4, -0.2) is 111 Å². The molecule has 2 aromatic heterocycles. The second kappa shape index (κ2) is 13.1. The predicted octanol–water partition coefficient (Wildman–Crippen LogP) is 1.32. The van der Waals surface area contributed by atoms with Crippen molar-refractivity contribution >= 4 is 34.8 Å². The summed E-state index contributed by atoms with van der Waals surface area (Å²) in [5, 5.41) is 9.19. The summed E-state index contributed by atoms with van der Waals surface area (Å²) in [6.07, 6.45) is 4.17. The first-order chi connectivity index (χ1) is 19.5. The summed E-state index contributed by atoms with van der Waals surface area (Å²) >= 11 is -1.32. The van der Waals surface area contributed by atoms with Gasteiger partial charge in [-0.05, 0) is 32.5 Å². The summed E-state index contributed by atoms with van der Waals surface area (Å²) in [5.41, 5.74) is 9.31. The van der Waals surface area contributed by atoms with Crippen LogP contribution in [0.2, 0.25) is 0 Å². The van der Waals surface area contributed by atoms with Crippen LogP contribution in [0.5, 0.6) is 0 Å². The zero-order chi connectivity index (χ0) is 28.1. The molecule has 214 valence electrons. The highest BCUT2D eigenvalue weighted by atomic mass is 32.2. The van der Waals surface area contributed by atoms with Gasteiger partial charge in [0, 0.05) is 74.5 Å². The normalized spacial score (nSPS) is 16.1. The maximum atomic E-state index is 13.6. The average molecular weight is 568 g/mol. The van der Waals surface area contributed by atoms with Gasteiger partial charge >= 0.3 is 0 Å². The van der Waals surface area contributed by atoms with E-state index in [1.54, 1.807) is 12.4 Å². The van der Waals surface area contributed by atoms with Gasteiger partial charge in [0.15, 0.2) is 4.90 Å². The van der Waals surface area contributed by atoms with E-state index in [1.807, 2.05) is 47.4 Å². The van der Waals surface area contributed by atoms with E-state index < -0.39 is 11.4 Å². The molecule has 0 spiro atoms. The van der Waals surface area contributed by atoms with Crippen molar-refractivity contribution in [2.75, 3.05) is 88.2 Å². The van der Waals surface area contributed by atoms with E-state index >= 15 is 0 Å². The highest BCUT2D eigenvalue weighted by Gasteiger charge is 2.30. The Morgan fingerprint density at radius 1 is 1.10 bits per heavy atom. The van der Waals surface area contributed by atoms with Gasteiger partial charge in [0.2, 0.25) is 11.9 Å². The molecule has 2 aliphatic rings. The fourth-order valence-corrected chi connectivity index (χ4v) is 6.13. The second-order valence-corrected chi connectivity index (χ2v) is 11.3. The van der Waals surface area contributed by atoms with Crippen LogP contribution in [0, 0.1) is 0 Å². The molecule has 3 aromatic rings. The van der Waals surface area contributed by atoms with Gasteiger partial charge in [0.1, 0.15) is 5.82 Å². The lowest BCUT2D eigenvalue weighted by Gasteiger charge is -2.28. The smallest absolute Gasteiger partial charge is 0.228 e. The van der Waals surface area contributed by atoms with E-state index in [2.05, 4.69) is 19.8 Å². The molecule has 0 radical (unpaired) electrons. The number of hydrogen-bond acceptors (Lipinski definition) is 12. The van der Waals surface area contributed by atoms with Gasteiger partial charge in [-0.2, -0.15) is 4.98 Å². The molecule has 4 heterocycles. The molecule has 3 N–H and O–H groups in total. The van der Waals surface area contributed by atoms with Gasteiger partial charge in [-0.3, -0.25) is 0 Å². The molecule has 2 aliphatic heterocycles. The number of ether oxygens (including phenoxy) is 1. The Morgan fingerprint density at radius 3 is 2.60 bits per heavy atom. The van der Waals surface area contributed by atoms with Crippen LogP contribution < -0.4 is 15.5 Å². The van der Waals surface area contributed by atoms with Crippen LogP contribution >= 0.6 is 0 Å². The number of nitrogen functional groups attached to an aromatic ring is 1. The number of aromatic nitrogens is 4. The zero-order valence-electron chi connectivity index (χ0n) is 23.1. The van der Waals surface area contributed by atoms with Crippen LogP contribution in [-0.2, 0) is 22.5 Å². The molecular formula is C27H37N9O3S. The summed E-state index contributed by atoms with van der Waals surface area (Å²) in [6.45, 7) is 8.12. The molecule has 13 heteroatoms. The van der Waals surface area contributed by atoms with E-state index in [0.717, 1.165) is 52.7 Å². The molecule has 5 rings (SSSR count). The summed E-state index contributed by atoms with van der Waals surface area (Å²) in [6, 6.07) is 7.88. The molecule has 1 atom stereocenters. The molecule has 0 saturated carbocycles. The number of morpholine rings is 1. The third kappa shape index (κ3) is 6.29. The number of hydrogen-bond donors (Lipinski definition) is 2. The van der Waals surface area contributed by atoms with Gasteiger partial charge in [0.25, 0.3) is 0 Å². The van der Waals surface area contributed by atoms with Crippen LogP contribution in [0.4, 0.5) is 23.4 Å². The number of nitrogens with zero attached hydrogens (tertiary/aromatic N) is 8. The fraction of sp³-hybridized carbons (Fsp3) is 0.481. The number of nitrogens with two attached hydrogens (primary N) is 1.